The molecule has 162 valence electrons. The van der Waals surface area contributed by atoms with Gasteiger partial charge in [-0.3, -0.25) is 0 Å². The van der Waals surface area contributed by atoms with Crippen LogP contribution in [0.25, 0.3) is 0 Å². The van der Waals surface area contributed by atoms with E-state index in [9.17, 15) is 4.39 Å². The molecule has 4 rings (SSSR count). The Bertz CT molecular complexity index is 971. The maximum Gasteiger partial charge on any atom is 0.166 e. The van der Waals surface area contributed by atoms with Gasteiger partial charge in [-0.15, -0.1) is 0 Å². The van der Waals surface area contributed by atoms with Gasteiger partial charge >= 0.3 is 0 Å². The van der Waals surface area contributed by atoms with Gasteiger partial charge < -0.3 is 24.4 Å². The summed E-state index contributed by atoms with van der Waals surface area (Å²) < 4.78 is 30.1. The van der Waals surface area contributed by atoms with Crippen LogP contribution in [0.15, 0.2) is 66.7 Å². The van der Waals surface area contributed by atoms with Crippen LogP contribution < -0.4 is 19.7 Å². The van der Waals surface area contributed by atoms with Crippen molar-refractivity contribution in [1.29, 1.82) is 0 Å². The predicted molar refractivity (Wildman–Crippen MR) is 121 cm³/mol. The van der Waals surface area contributed by atoms with Crippen LogP contribution in [0.5, 0.6) is 11.5 Å². The number of morpholine rings is 1. The molecule has 1 heterocycles. The second-order valence-electron chi connectivity index (χ2n) is 7.36. The summed E-state index contributed by atoms with van der Waals surface area (Å²) in [4.78, 5) is 2.33. The summed E-state index contributed by atoms with van der Waals surface area (Å²) in [5, 5.41) is 3.46. The van der Waals surface area contributed by atoms with Gasteiger partial charge in [-0.05, 0) is 48.0 Å². The van der Waals surface area contributed by atoms with Crippen LogP contribution in [0.1, 0.15) is 11.1 Å². The molecule has 0 saturated carbocycles. The van der Waals surface area contributed by atoms with Crippen molar-refractivity contribution in [1.82, 2.24) is 0 Å². The second kappa shape index (κ2) is 10.2. The third kappa shape index (κ3) is 5.47. The van der Waals surface area contributed by atoms with Crippen LogP contribution in [-0.4, -0.2) is 33.4 Å². The Morgan fingerprint density at radius 1 is 0.968 bits per heavy atom. The maximum atomic E-state index is 13.1. The van der Waals surface area contributed by atoms with Crippen molar-refractivity contribution < 1.29 is 18.6 Å². The Labute approximate surface area is 182 Å². The van der Waals surface area contributed by atoms with Gasteiger partial charge in [0.25, 0.3) is 0 Å². The van der Waals surface area contributed by atoms with Gasteiger partial charge in [0.15, 0.2) is 11.5 Å². The SMILES string of the molecule is COc1cccc(CNc2ccc(N3CCOCC3)cc2)c1OCc1ccc(F)cc1. The lowest BCUT2D eigenvalue weighted by molar-refractivity contribution is 0.122. The Hall–Kier alpha value is -3.25. The average molecular weight is 423 g/mol. The van der Waals surface area contributed by atoms with Crippen molar-refractivity contribution in [3.05, 3.63) is 83.7 Å². The van der Waals surface area contributed by atoms with E-state index in [1.807, 2.05) is 18.2 Å². The lowest BCUT2D eigenvalue weighted by atomic mass is 10.1. The van der Waals surface area contributed by atoms with E-state index in [-0.39, 0.29) is 5.82 Å². The Morgan fingerprint density at radius 3 is 2.42 bits per heavy atom. The lowest BCUT2D eigenvalue weighted by Crippen LogP contribution is -2.36. The molecular formula is C25H27FN2O3. The number of rotatable bonds is 8. The number of benzene rings is 3. The average Bonchev–Trinajstić information content (AvgIpc) is 2.83. The quantitative estimate of drug-likeness (QED) is 0.562. The van der Waals surface area contributed by atoms with Crippen LogP contribution >= 0.6 is 0 Å². The normalized spacial score (nSPS) is 13.7. The molecular weight excluding hydrogens is 395 g/mol. The summed E-state index contributed by atoms with van der Waals surface area (Å²) in [7, 11) is 1.63. The molecule has 3 aromatic rings. The Balaban J connectivity index is 1.42. The van der Waals surface area contributed by atoms with Gasteiger partial charge in [0.1, 0.15) is 12.4 Å². The van der Waals surface area contributed by atoms with Crippen molar-refractivity contribution in [3.8, 4) is 11.5 Å². The number of ether oxygens (including phenoxy) is 3. The van der Waals surface area contributed by atoms with Crippen molar-refractivity contribution in [2.45, 2.75) is 13.2 Å². The van der Waals surface area contributed by atoms with Gasteiger partial charge in [0, 0.05) is 36.6 Å². The fourth-order valence-electron chi connectivity index (χ4n) is 3.57. The van der Waals surface area contributed by atoms with Crippen molar-refractivity contribution in [2.24, 2.45) is 0 Å². The number of anilines is 2. The summed E-state index contributed by atoms with van der Waals surface area (Å²) >= 11 is 0. The number of nitrogens with one attached hydrogen (secondary N) is 1. The second-order valence-corrected chi connectivity index (χ2v) is 7.36. The fraction of sp³-hybridized carbons (Fsp3) is 0.280. The van der Waals surface area contributed by atoms with Crippen LogP contribution in [-0.2, 0) is 17.9 Å². The maximum absolute atomic E-state index is 13.1. The van der Waals surface area contributed by atoms with E-state index in [2.05, 4.69) is 34.5 Å². The Morgan fingerprint density at radius 2 is 1.71 bits per heavy atom. The van der Waals surface area contributed by atoms with E-state index in [0.29, 0.717) is 24.7 Å². The highest BCUT2D eigenvalue weighted by atomic mass is 19.1. The highest BCUT2D eigenvalue weighted by molar-refractivity contribution is 5.56. The fourth-order valence-corrected chi connectivity index (χ4v) is 3.57. The van der Waals surface area contributed by atoms with Gasteiger partial charge in [-0.25, -0.2) is 4.39 Å². The zero-order valence-electron chi connectivity index (χ0n) is 17.6. The molecule has 0 aliphatic carbocycles. The van der Waals surface area contributed by atoms with Crippen molar-refractivity contribution >= 4 is 11.4 Å². The van der Waals surface area contributed by atoms with Crippen molar-refractivity contribution in [2.75, 3.05) is 43.6 Å². The first-order valence-electron chi connectivity index (χ1n) is 10.4. The molecule has 1 fully saturated rings. The number of hydrogen-bond donors (Lipinski definition) is 1. The molecule has 0 radical (unpaired) electrons. The van der Waals surface area contributed by atoms with E-state index >= 15 is 0 Å². The summed E-state index contributed by atoms with van der Waals surface area (Å²) in [6, 6.07) is 20.6. The molecule has 0 bridgehead atoms. The molecule has 1 N–H and O–H groups in total. The van der Waals surface area contributed by atoms with Gasteiger partial charge in [0.2, 0.25) is 0 Å². The molecule has 3 aromatic carbocycles. The number of para-hydroxylation sites is 1. The largest absolute Gasteiger partial charge is 0.493 e. The van der Waals surface area contributed by atoms with Crippen molar-refractivity contribution in [3.63, 3.8) is 0 Å². The molecule has 6 heteroatoms. The molecule has 0 unspecified atom stereocenters. The molecule has 0 spiro atoms. The highest BCUT2D eigenvalue weighted by Crippen LogP contribution is 2.32. The number of hydrogen-bond acceptors (Lipinski definition) is 5. The van der Waals surface area contributed by atoms with E-state index in [4.69, 9.17) is 14.2 Å². The van der Waals surface area contributed by atoms with E-state index < -0.39 is 0 Å². The molecule has 1 aliphatic rings. The minimum Gasteiger partial charge on any atom is -0.493 e. The van der Waals surface area contributed by atoms with Gasteiger partial charge in [-0.2, -0.15) is 0 Å². The van der Waals surface area contributed by atoms with Crippen LogP contribution in [0.3, 0.4) is 0 Å². The summed E-state index contributed by atoms with van der Waals surface area (Å²) in [6.45, 7) is 4.32. The topological polar surface area (TPSA) is 43.0 Å². The Kier molecular flexibility index (Phi) is 6.89. The first kappa shape index (κ1) is 21.0. The molecule has 0 amide bonds. The monoisotopic (exact) mass is 422 g/mol. The smallest absolute Gasteiger partial charge is 0.166 e. The van der Waals surface area contributed by atoms with Crippen LogP contribution in [0, 0.1) is 5.82 Å². The van der Waals surface area contributed by atoms with Gasteiger partial charge in [-0.1, -0.05) is 24.3 Å². The van der Waals surface area contributed by atoms with E-state index in [0.717, 1.165) is 43.1 Å². The summed E-state index contributed by atoms with van der Waals surface area (Å²) in [6.07, 6.45) is 0. The minimum absolute atomic E-state index is 0.259. The number of methoxy groups -OCH3 is 1. The standard InChI is InChI=1S/C25H27FN2O3/c1-29-24-4-2-3-20(25(24)31-18-19-5-7-21(26)8-6-19)17-27-22-9-11-23(12-10-22)28-13-15-30-16-14-28/h2-12,27H,13-18H2,1H3. The third-order valence-electron chi connectivity index (χ3n) is 5.30. The summed E-state index contributed by atoms with van der Waals surface area (Å²) in [5.41, 5.74) is 4.12. The molecule has 0 aromatic heterocycles. The zero-order valence-corrected chi connectivity index (χ0v) is 17.6. The van der Waals surface area contributed by atoms with E-state index in [1.165, 1.54) is 17.8 Å². The number of nitrogens with zero attached hydrogens (tertiary/aromatic N) is 1. The molecule has 1 saturated heterocycles. The first-order chi connectivity index (χ1) is 15.2. The molecule has 0 atom stereocenters. The van der Waals surface area contributed by atoms with E-state index in [1.54, 1.807) is 19.2 Å². The third-order valence-corrected chi connectivity index (χ3v) is 5.30. The van der Waals surface area contributed by atoms with Crippen LogP contribution in [0.4, 0.5) is 15.8 Å². The van der Waals surface area contributed by atoms with Gasteiger partial charge in [0.05, 0.1) is 20.3 Å². The molecule has 5 nitrogen and oxygen atoms in total. The predicted octanol–water partition coefficient (Wildman–Crippen LogP) is 4.86. The summed E-state index contributed by atoms with van der Waals surface area (Å²) in [5.74, 6) is 1.10. The highest BCUT2D eigenvalue weighted by Gasteiger charge is 2.13. The lowest BCUT2D eigenvalue weighted by Gasteiger charge is -2.29. The molecule has 1 aliphatic heterocycles. The number of halogens is 1. The van der Waals surface area contributed by atoms with Crippen LogP contribution in [0.2, 0.25) is 0 Å². The molecule has 31 heavy (non-hydrogen) atoms. The zero-order chi connectivity index (χ0) is 21.5. The first-order valence-corrected chi connectivity index (χ1v) is 10.4. The minimum atomic E-state index is -0.259.